The predicted molar refractivity (Wildman–Crippen MR) is 59.2 cm³/mol. The molecule has 1 aromatic rings. The van der Waals surface area contributed by atoms with Crippen molar-refractivity contribution >= 4 is 21.9 Å². The number of methoxy groups -OCH3 is 1. The van der Waals surface area contributed by atoms with E-state index in [1.54, 1.807) is 0 Å². The lowest BCUT2D eigenvalue weighted by atomic mass is 10.1. The highest BCUT2D eigenvalue weighted by Crippen LogP contribution is 2.19. The zero-order chi connectivity index (χ0) is 11.3. The van der Waals surface area contributed by atoms with Gasteiger partial charge in [0.15, 0.2) is 0 Å². The minimum Gasteiger partial charge on any atom is -0.469 e. The van der Waals surface area contributed by atoms with Crippen molar-refractivity contribution in [1.29, 1.82) is 5.26 Å². The Labute approximate surface area is 96.8 Å². The van der Waals surface area contributed by atoms with Gasteiger partial charge in [-0.1, -0.05) is 28.1 Å². The summed E-state index contributed by atoms with van der Waals surface area (Å²) < 4.78 is 5.46. The molecule has 0 atom stereocenters. The number of rotatable bonds is 3. The van der Waals surface area contributed by atoms with Crippen molar-refractivity contribution in [2.24, 2.45) is 0 Å². The zero-order valence-electron chi connectivity index (χ0n) is 8.29. The van der Waals surface area contributed by atoms with E-state index in [0.717, 1.165) is 15.6 Å². The fourth-order valence-electron chi connectivity index (χ4n) is 1.20. The van der Waals surface area contributed by atoms with Crippen molar-refractivity contribution in [3.63, 3.8) is 0 Å². The molecular formula is C11H10BrNO2. The SMILES string of the molecule is COC(=O)Cc1ccc(Br)c(CC#N)c1. The Balaban J connectivity index is 2.88. The van der Waals surface area contributed by atoms with Crippen LogP contribution in [0.1, 0.15) is 11.1 Å². The van der Waals surface area contributed by atoms with Gasteiger partial charge in [-0.2, -0.15) is 5.26 Å². The molecule has 0 radical (unpaired) electrons. The number of nitrogens with zero attached hydrogens (tertiary/aromatic N) is 1. The maximum Gasteiger partial charge on any atom is 0.309 e. The first kappa shape index (κ1) is 11.7. The highest BCUT2D eigenvalue weighted by Gasteiger charge is 2.05. The highest BCUT2D eigenvalue weighted by atomic mass is 79.9. The Bertz CT molecular complexity index is 410. The van der Waals surface area contributed by atoms with E-state index in [-0.39, 0.29) is 12.4 Å². The topological polar surface area (TPSA) is 50.1 Å². The van der Waals surface area contributed by atoms with Crippen molar-refractivity contribution in [2.45, 2.75) is 12.8 Å². The van der Waals surface area contributed by atoms with Gasteiger partial charge in [-0.05, 0) is 17.2 Å². The molecule has 3 nitrogen and oxygen atoms in total. The van der Waals surface area contributed by atoms with Gasteiger partial charge >= 0.3 is 5.97 Å². The second-order valence-corrected chi connectivity index (χ2v) is 3.87. The number of carbonyl (C=O) groups excluding carboxylic acids is 1. The Morgan fingerprint density at radius 2 is 2.33 bits per heavy atom. The quantitative estimate of drug-likeness (QED) is 0.790. The predicted octanol–water partition coefficient (Wildman–Crippen LogP) is 2.23. The van der Waals surface area contributed by atoms with Crippen LogP contribution in [0, 0.1) is 11.3 Å². The van der Waals surface area contributed by atoms with Gasteiger partial charge in [0.25, 0.3) is 0 Å². The molecule has 1 rings (SSSR count). The fraction of sp³-hybridized carbons (Fsp3) is 0.273. The molecular weight excluding hydrogens is 258 g/mol. The van der Waals surface area contributed by atoms with Gasteiger partial charge in [0, 0.05) is 4.47 Å². The van der Waals surface area contributed by atoms with Crippen LogP contribution in [0.25, 0.3) is 0 Å². The number of nitriles is 1. The van der Waals surface area contributed by atoms with E-state index in [2.05, 4.69) is 26.7 Å². The van der Waals surface area contributed by atoms with Crippen LogP contribution in [-0.2, 0) is 22.4 Å². The average Bonchev–Trinajstić information content (AvgIpc) is 2.23. The van der Waals surface area contributed by atoms with Crippen LogP contribution in [0.15, 0.2) is 22.7 Å². The van der Waals surface area contributed by atoms with E-state index in [0.29, 0.717) is 6.42 Å². The molecule has 0 heterocycles. The zero-order valence-corrected chi connectivity index (χ0v) is 9.87. The summed E-state index contributed by atoms with van der Waals surface area (Å²) in [5.74, 6) is -0.278. The van der Waals surface area contributed by atoms with Crippen molar-refractivity contribution in [2.75, 3.05) is 7.11 Å². The number of benzene rings is 1. The van der Waals surface area contributed by atoms with Crippen molar-refractivity contribution in [3.05, 3.63) is 33.8 Å². The molecule has 0 aromatic heterocycles. The van der Waals surface area contributed by atoms with Gasteiger partial charge in [0.1, 0.15) is 0 Å². The summed E-state index contributed by atoms with van der Waals surface area (Å²) >= 11 is 3.35. The summed E-state index contributed by atoms with van der Waals surface area (Å²) in [6.45, 7) is 0. The largest absolute Gasteiger partial charge is 0.469 e. The average molecular weight is 268 g/mol. The number of hydrogen-bond acceptors (Lipinski definition) is 3. The molecule has 0 aliphatic carbocycles. The minimum atomic E-state index is -0.278. The summed E-state index contributed by atoms with van der Waals surface area (Å²) in [5, 5.41) is 8.60. The normalized spacial score (nSPS) is 9.40. The monoisotopic (exact) mass is 267 g/mol. The van der Waals surface area contributed by atoms with Gasteiger partial charge in [-0.15, -0.1) is 0 Å². The van der Waals surface area contributed by atoms with E-state index >= 15 is 0 Å². The molecule has 0 amide bonds. The van der Waals surface area contributed by atoms with Crippen LogP contribution in [-0.4, -0.2) is 13.1 Å². The number of halogens is 1. The lowest BCUT2D eigenvalue weighted by Gasteiger charge is -2.04. The fourth-order valence-corrected chi connectivity index (χ4v) is 1.58. The number of carbonyl (C=O) groups is 1. The molecule has 0 aliphatic heterocycles. The first-order valence-electron chi connectivity index (χ1n) is 4.38. The van der Waals surface area contributed by atoms with Crippen LogP contribution in [0.5, 0.6) is 0 Å². The van der Waals surface area contributed by atoms with E-state index in [1.165, 1.54) is 7.11 Å². The molecule has 0 saturated carbocycles. The first-order valence-corrected chi connectivity index (χ1v) is 5.17. The Morgan fingerprint density at radius 1 is 1.60 bits per heavy atom. The summed E-state index contributed by atoms with van der Waals surface area (Å²) in [6, 6.07) is 7.58. The minimum absolute atomic E-state index is 0.238. The third kappa shape index (κ3) is 3.37. The van der Waals surface area contributed by atoms with Crippen LogP contribution in [0.4, 0.5) is 0 Å². The Hall–Kier alpha value is -1.34. The molecule has 0 fully saturated rings. The Morgan fingerprint density at radius 3 is 2.93 bits per heavy atom. The van der Waals surface area contributed by atoms with Gasteiger partial charge in [-0.25, -0.2) is 0 Å². The maximum atomic E-state index is 11.0. The molecule has 0 saturated heterocycles. The highest BCUT2D eigenvalue weighted by molar-refractivity contribution is 9.10. The third-order valence-corrected chi connectivity index (χ3v) is 2.73. The van der Waals surface area contributed by atoms with Crippen LogP contribution in [0.2, 0.25) is 0 Å². The van der Waals surface area contributed by atoms with Gasteiger partial charge < -0.3 is 4.74 Å². The van der Waals surface area contributed by atoms with Crippen molar-refractivity contribution in [1.82, 2.24) is 0 Å². The van der Waals surface area contributed by atoms with Crippen molar-refractivity contribution < 1.29 is 9.53 Å². The van der Waals surface area contributed by atoms with E-state index < -0.39 is 0 Å². The van der Waals surface area contributed by atoms with Crippen LogP contribution >= 0.6 is 15.9 Å². The number of esters is 1. The van der Waals surface area contributed by atoms with Gasteiger partial charge in [0.2, 0.25) is 0 Å². The molecule has 0 bridgehead atoms. The molecule has 0 N–H and O–H groups in total. The number of hydrogen-bond donors (Lipinski definition) is 0. The second kappa shape index (κ2) is 5.52. The van der Waals surface area contributed by atoms with Crippen LogP contribution < -0.4 is 0 Å². The second-order valence-electron chi connectivity index (χ2n) is 3.01. The Kier molecular flexibility index (Phi) is 4.32. The van der Waals surface area contributed by atoms with Crippen LogP contribution in [0.3, 0.4) is 0 Å². The van der Waals surface area contributed by atoms with E-state index in [1.807, 2.05) is 18.2 Å². The first-order chi connectivity index (χ1) is 7.17. The number of ether oxygens (including phenoxy) is 1. The smallest absolute Gasteiger partial charge is 0.309 e. The molecule has 15 heavy (non-hydrogen) atoms. The van der Waals surface area contributed by atoms with Gasteiger partial charge in [0.05, 0.1) is 26.0 Å². The molecule has 0 aliphatic rings. The van der Waals surface area contributed by atoms with E-state index in [9.17, 15) is 4.79 Å². The molecule has 4 heteroatoms. The van der Waals surface area contributed by atoms with E-state index in [4.69, 9.17) is 5.26 Å². The summed E-state index contributed by atoms with van der Waals surface area (Å²) in [5.41, 5.74) is 1.74. The summed E-state index contributed by atoms with van der Waals surface area (Å²) in [6.07, 6.45) is 0.567. The van der Waals surface area contributed by atoms with Gasteiger partial charge in [-0.3, -0.25) is 4.79 Å². The third-order valence-electron chi connectivity index (χ3n) is 1.96. The van der Waals surface area contributed by atoms with Crippen molar-refractivity contribution in [3.8, 4) is 6.07 Å². The maximum absolute atomic E-state index is 11.0. The standard InChI is InChI=1S/C11H10BrNO2/c1-15-11(14)7-8-2-3-10(12)9(6-8)4-5-13/h2-3,6H,4,7H2,1H3. The summed E-state index contributed by atoms with van der Waals surface area (Å²) in [4.78, 5) is 11.0. The molecule has 1 aromatic carbocycles. The lowest BCUT2D eigenvalue weighted by molar-refractivity contribution is -0.139. The summed E-state index contributed by atoms with van der Waals surface area (Å²) in [7, 11) is 1.36. The lowest BCUT2D eigenvalue weighted by Crippen LogP contribution is -2.04. The molecule has 0 spiro atoms. The molecule has 78 valence electrons. The molecule has 0 unspecified atom stereocenters.